The minimum absolute atomic E-state index is 0.785. The summed E-state index contributed by atoms with van der Waals surface area (Å²) in [6.45, 7) is 2.31. The van der Waals surface area contributed by atoms with Crippen LogP contribution < -0.4 is 5.32 Å². The van der Waals surface area contributed by atoms with Crippen LogP contribution in [0.15, 0.2) is 61.1 Å². The maximum atomic E-state index is 4.41. The second kappa shape index (κ2) is 6.34. The molecule has 0 bridgehead atoms. The zero-order valence-electron chi connectivity index (χ0n) is 13.0. The fraction of sp³-hybridized carbons (Fsp3) is 0.263. The largest absolute Gasteiger partial charge is 0.316 e. The lowest BCUT2D eigenvalue weighted by Gasteiger charge is -2.08. The average Bonchev–Trinajstić information content (AvgIpc) is 3.28. The summed E-state index contributed by atoms with van der Waals surface area (Å²) in [4.78, 5) is 4.32. The van der Waals surface area contributed by atoms with E-state index in [9.17, 15) is 0 Å². The van der Waals surface area contributed by atoms with E-state index in [1.807, 2.05) is 35.3 Å². The van der Waals surface area contributed by atoms with Gasteiger partial charge in [0.15, 0.2) is 5.82 Å². The zero-order valence-corrected chi connectivity index (χ0v) is 13.0. The molecular formula is C19H20N4. The van der Waals surface area contributed by atoms with Crippen molar-refractivity contribution in [3.8, 4) is 16.9 Å². The Morgan fingerprint density at radius 1 is 1.09 bits per heavy atom. The topological polar surface area (TPSA) is 42.7 Å². The van der Waals surface area contributed by atoms with E-state index in [1.54, 1.807) is 6.20 Å². The predicted octanol–water partition coefficient (Wildman–Crippen LogP) is 3.09. The highest BCUT2D eigenvalue weighted by Crippen LogP contribution is 2.22. The van der Waals surface area contributed by atoms with Crippen molar-refractivity contribution in [1.29, 1.82) is 0 Å². The van der Waals surface area contributed by atoms with Crippen LogP contribution in [0.1, 0.15) is 12.0 Å². The Bertz CT molecular complexity index is 756. The first-order chi connectivity index (χ1) is 11.4. The van der Waals surface area contributed by atoms with Crippen LogP contribution in [0.4, 0.5) is 0 Å². The fourth-order valence-corrected chi connectivity index (χ4v) is 3.14. The summed E-state index contributed by atoms with van der Waals surface area (Å²) in [6.07, 6.45) is 8.16. The lowest BCUT2D eigenvalue weighted by atomic mass is 9.97. The van der Waals surface area contributed by atoms with Crippen molar-refractivity contribution in [1.82, 2.24) is 20.1 Å². The normalized spacial score (nSPS) is 17.5. The molecule has 1 unspecified atom stereocenters. The predicted molar refractivity (Wildman–Crippen MR) is 91.5 cm³/mol. The summed E-state index contributed by atoms with van der Waals surface area (Å²) in [5.74, 6) is 1.62. The molecule has 0 spiro atoms. The van der Waals surface area contributed by atoms with Crippen LogP contribution in [-0.2, 0) is 6.42 Å². The van der Waals surface area contributed by atoms with Gasteiger partial charge in [0.2, 0.25) is 0 Å². The van der Waals surface area contributed by atoms with Gasteiger partial charge in [-0.2, -0.15) is 5.10 Å². The Morgan fingerprint density at radius 2 is 2.00 bits per heavy atom. The number of benzene rings is 1. The fourth-order valence-electron chi connectivity index (χ4n) is 3.14. The van der Waals surface area contributed by atoms with Gasteiger partial charge in [0.05, 0.1) is 6.20 Å². The van der Waals surface area contributed by atoms with Crippen molar-refractivity contribution in [2.24, 2.45) is 5.92 Å². The van der Waals surface area contributed by atoms with Gasteiger partial charge in [0.1, 0.15) is 0 Å². The summed E-state index contributed by atoms with van der Waals surface area (Å²) in [7, 11) is 0. The van der Waals surface area contributed by atoms with Gasteiger partial charge in [-0.05, 0) is 55.1 Å². The molecule has 1 N–H and O–H groups in total. The zero-order chi connectivity index (χ0) is 15.5. The third-order valence-corrected chi connectivity index (χ3v) is 4.44. The molecule has 23 heavy (non-hydrogen) atoms. The van der Waals surface area contributed by atoms with E-state index in [0.717, 1.165) is 30.4 Å². The number of pyridine rings is 1. The van der Waals surface area contributed by atoms with Gasteiger partial charge in [-0.15, -0.1) is 0 Å². The van der Waals surface area contributed by atoms with E-state index in [2.05, 4.69) is 39.7 Å². The molecule has 1 atom stereocenters. The van der Waals surface area contributed by atoms with E-state index < -0.39 is 0 Å². The van der Waals surface area contributed by atoms with Crippen LogP contribution in [0.25, 0.3) is 16.9 Å². The van der Waals surface area contributed by atoms with Gasteiger partial charge in [0, 0.05) is 18.0 Å². The Kier molecular flexibility index (Phi) is 3.90. The molecule has 0 aliphatic carbocycles. The first-order valence-corrected chi connectivity index (χ1v) is 8.14. The van der Waals surface area contributed by atoms with Crippen molar-refractivity contribution in [2.75, 3.05) is 13.1 Å². The van der Waals surface area contributed by atoms with Gasteiger partial charge in [-0.3, -0.25) is 0 Å². The number of nitrogens with zero attached hydrogens (tertiary/aromatic N) is 3. The van der Waals surface area contributed by atoms with Gasteiger partial charge in [-0.25, -0.2) is 9.67 Å². The van der Waals surface area contributed by atoms with Crippen LogP contribution in [0, 0.1) is 5.92 Å². The summed E-state index contributed by atoms with van der Waals surface area (Å²) in [5.41, 5.74) is 3.73. The SMILES string of the molecule is c1ccc(-n2cc(-c3ccc(CC4CCNC4)cc3)cn2)nc1. The summed E-state index contributed by atoms with van der Waals surface area (Å²) < 4.78 is 1.81. The Morgan fingerprint density at radius 3 is 2.74 bits per heavy atom. The molecule has 4 nitrogen and oxygen atoms in total. The molecule has 0 saturated carbocycles. The van der Waals surface area contributed by atoms with E-state index in [1.165, 1.54) is 24.0 Å². The van der Waals surface area contributed by atoms with Crippen LogP contribution in [0.5, 0.6) is 0 Å². The van der Waals surface area contributed by atoms with Crippen LogP contribution in [-0.4, -0.2) is 27.9 Å². The van der Waals surface area contributed by atoms with Gasteiger partial charge < -0.3 is 5.32 Å². The molecule has 4 rings (SSSR count). The minimum Gasteiger partial charge on any atom is -0.316 e. The molecule has 1 saturated heterocycles. The second-order valence-corrected chi connectivity index (χ2v) is 6.12. The number of hydrogen-bond donors (Lipinski definition) is 1. The van der Waals surface area contributed by atoms with Crippen LogP contribution in [0.3, 0.4) is 0 Å². The first-order valence-electron chi connectivity index (χ1n) is 8.14. The third kappa shape index (κ3) is 3.17. The van der Waals surface area contributed by atoms with Crippen LogP contribution in [0.2, 0.25) is 0 Å². The Balaban J connectivity index is 1.51. The standard InChI is InChI=1S/C19H20N4/c1-2-9-21-19(3-1)23-14-18(13-22-23)17-6-4-15(5-7-17)11-16-8-10-20-12-16/h1-7,9,13-14,16,20H,8,10-12H2. The number of aromatic nitrogens is 3. The van der Waals surface area contributed by atoms with Gasteiger partial charge in [0.25, 0.3) is 0 Å². The molecule has 1 fully saturated rings. The molecule has 0 amide bonds. The molecule has 1 aromatic carbocycles. The van der Waals surface area contributed by atoms with Gasteiger partial charge >= 0.3 is 0 Å². The van der Waals surface area contributed by atoms with Crippen LogP contribution >= 0.6 is 0 Å². The first kappa shape index (κ1) is 14.2. The van der Waals surface area contributed by atoms with E-state index in [-0.39, 0.29) is 0 Å². The van der Waals surface area contributed by atoms with E-state index in [4.69, 9.17) is 0 Å². The highest BCUT2D eigenvalue weighted by molar-refractivity contribution is 5.62. The van der Waals surface area contributed by atoms with Crippen molar-refractivity contribution in [3.63, 3.8) is 0 Å². The quantitative estimate of drug-likeness (QED) is 0.805. The molecule has 1 aliphatic rings. The molecular weight excluding hydrogens is 284 g/mol. The monoisotopic (exact) mass is 304 g/mol. The second-order valence-electron chi connectivity index (χ2n) is 6.12. The average molecular weight is 304 g/mol. The van der Waals surface area contributed by atoms with E-state index >= 15 is 0 Å². The van der Waals surface area contributed by atoms with Gasteiger partial charge in [-0.1, -0.05) is 30.3 Å². The maximum absolute atomic E-state index is 4.41. The Labute approximate surface area is 136 Å². The van der Waals surface area contributed by atoms with E-state index in [0.29, 0.717) is 0 Å². The summed E-state index contributed by atoms with van der Waals surface area (Å²) in [6, 6.07) is 14.7. The molecule has 116 valence electrons. The molecule has 2 aromatic heterocycles. The number of nitrogens with one attached hydrogen (secondary N) is 1. The molecule has 1 aliphatic heterocycles. The highest BCUT2D eigenvalue weighted by Gasteiger charge is 2.14. The maximum Gasteiger partial charge on any atom is 0.153 e. The number of hydrogen-bond acceptors (Lipinski definition) is 3. The molecule has 4 heteroatoms. The van der Waals surface area contributed by atoms with Crippen molar-refractivity contribution >= 4 is 0 Å². The van der Waals surface area contributed by atoms with Crippen molar-refractivity contribution in [2.45, 2.75) is 12.8 Å². The number of rotatable bonds is 4. The summed E-state index contributed by atoms with van der Waals surface area (Å²) >= 11 is 0. The molecule has 3 aromatic rings. The minimum atomic E-state index is 0.785. The summed E-state index contributed by atoms with van der Waals surface area (Å²) in [5, 5.41) is 7.85. The smallest absolute Gasteiger partial charge is 0.153 e. The molecule has 0 radical (unpaired) electrons. The lowest BCUT2D eigenvalue weighted by Crippen LogP contribution is -2.10. The molecule has 3 heterocycles. The highest BCUT2D eigenvalue weighted by atomic mass is 15.3. The lowest BCUT2D eigenvalue weighted by molar-refractivity contribution is 0.580. The van der Waals surface area contributed by atoms with Crippen molar-refractivity contribution < 1.29 is 0 Å². The van der Waals surface area contributed by atoms with Crippen molar-refractivity contribution in [3.05, 3.63) is 66.6 Å². The Hall–Kier alpha value is -2.46. The third-order valence-electron chi connectivity index (χ3n) is 4.44.